The van der Waals surface area contributed by atoms with Crippen LogP contribution in [0.25, 0.3) is 10.2 Å². The summed E-state index contributed by atoms with van der Waals surface area (Å²) in [4.78, 5) is 19.3. The summed E-state index contributed by atoms with van der Waals surface area (Å²) in [5.74, 6) is -0.158. The minimum Gasteiger partial charge on any atom is -0.389 e. The average Bonchev–Trinajstić information content (AvgIpc) is 3.07. The number of fused-ring (bicyclic) bond motifs is 1. The van der Waals surface area contributed by atoms with E-state index in [0.29, 0.717) is 22.8 Å². The van der Waals surface area contributed by atoms with Gasteiger partial charge in [-0.1, -0.05) is 15.9 Å². The maximum Gasteiger partial charge on any atom is 0.255 e. The molecule has 0 saturated carbocycles. The average molecular weight is 463 g/mol. The lowest BCUT2D eigenvalue weighted by Crippen LogP contribution is -2.27. The second-order valence-corrected chi connectivity index (χ2v) is 8.71. The molecule has 0 unspecified atom stereocenters. The van der Waals surface area contributed by atoms with E-state index < -0.39 is 0 Å². The largest absolute Gasteiger partial charge is 0.389 e. The molecule has 0 atom stereocenters. The van der Waals surface area contributed by atoms with Crippen molar-refractivity contribution in [3.63, 3.8) is 0 Å². The van der Waals surface area contributed by atoms with Crippen molar-refractivity contribution in [2.45, 2.75) is 13.2 Å². The topological polar surface area (TPSA) is 77.5 Å². The van der Waals surface area contributed by atoms with E-state index in [1.807, 2.05) is 50.5 Å². The molecule has 0 aliphatic rings. The highest BCUT2D eigenvalue weighted by Gasteiger charge is 2.13. The zero-order valence-electron chi connectivity index (χ0n) is 15.8. The molecule has 1 heterocycles. The Balaban J connectivity index is 1.74. The number of aliphatic hydroxyl groups is 1. The highest BCUT2D eigenvalue weighted by Crippen LogP contribution is 2.26. The van der Waals surface area contributed by atoms with Crippen LogP contribution >= 0.6 is 27.3 Å². The van der Waals surface area contributed by atoms with Crippen LogP contribution in [-0.2, 0) is 13.2 Å². The van der Waals surface area contributed by atoms with E-state index in [0.717, 1.165) is 33.3 Å². The van der Waals surface area contributed by atoms with Gasteiger partial charge >= 0.3 is 0 Å². The molecule has 0 spiro atoms. The van der Waals surface area contributed by atoms with Gasteiger partial charge in [0.15, 0.2) is 0 Å². The summed E-state index contributed by atoms with van der Waals surface area (Å²) in [6, 6.07) is 11.3. The summed E-state index contributed by atoms with van der Waals surface area (Å²) >= 11 is 4.93. The number of anilines is 1. The Hall–Kier alpha value is -1.84. The first-order valence-electron chi connectivity index (χ1n) is 8.92. The number of amides is 1. The molecule has 0 saturated heterocycles. The Bertz CT molecular complexity index is 974. The van der Waals surface area contributed by atoms with Crippen LogP contribution in [0.3, 0.4) is 0 Å². The number of carbonyl (C=O) groups is 1. The summed E-state index contributed by atoms with van der Waals surface area (Å²) in [5.41, 5.74) is 3.02. The quantitative estimate of drug-likeness (QED) is 0.446. The summed E-state index contributed by atoms with van der Waals surface area (Å²) in [6.07, 6.45) is 0. The Labute approximate surface area is 176 Å². The number of rotatable bonds is 8. The van der Waals surface area contributed by atoms with Crippen molar-refractivity contribution in [2.24, 2.45) is 0 Å². The fourth-order valence-corrected chi connectivity index (χ4v) is 3.99. The van der Waals surface area contributed by atoms with Crippen molar-refractivity contribution in [3.8, 4) is 0 Å². The highest BCUT2D eigenvalue weighted by atomic mass is 79.9. The van der Waals surface area contributed by atoms with Crippen molar-refractivity contribution in [1.82, 2.24) is 15.2 Å². The zero-order chi connectivity index (χ0) is 20.1. The van der Waals surface area contributed by atoms with Crippen LogP contribution in [0.1, 0.15) is 20.9 Å². The van der Waals surface area contributed by atoms with Crippen LogP contribution in [-0.4, -0.2) is 48.1 Å². The highest BCUT2D eigenvalue weighted by molar-refractivity contribution is 9.10. The van der Waals surface area contributed by atoms with Crippen LogP contribution in [0.5, 0.6) is 0 Å². The van der Waals surface area contributed by atoms with Gasteiger partial charge in [-0.3, -0.25) is 4.79 Å². The number of benzene rings is 2. The van der Waals surface area contributed by atoms with E-state index in [2.05, 4.69) is 36.4 Å². The first kappa shape index (κ1) is 20.9. The van der Waals surface area contributed by atoms with E-state index in [-0.39, 0.29) is 12.5 Å². The van der Waals surface area contributed by atoms with Crippen molar-refractivity contribution >= 4 is 49.1 Å². The number of likely N-dealkylation sites (N-methyl/N-ethyl adjacent to an activating group) is 1. The SMILES string of the molecule is CN(C)CCNCc1cc(Br)ccc1C(=O)Nc1ccc2sc(CO)nc2c1. The lowest BCUT2D eigenvalue weighted by Gasteiger charge is -2.13. The molecule has 6 nitrogen and oxygen atoms in total. The predicted octanol–water partition coefficient (Wildman–Crippen LogP) is 3.45. The number of aliphatic hydroxyl groups excluding tert-OH is 1. The van der Waals surface area contributed by atoms with Gasteiger partial charge < -0.3 is 20.6 Å². The molecule has 8 heteroatoms. The molecule has 148 valence electrons. The Morgan fingerprint density at radius 3 is 2.82 bits per heavy atom. The van der Waals surface area contributed by atoms with Crippen LogP contribution < -0.4 is 10.6 Å². The lowest BCUT2D eigenvalue weighted by atomic mass is 10.1. The molecule has 0 aliphatic carbocycles. The molecule has 2 aromatic carbocycles. The van der Waals surface area contributed by atoms with Gasteiger partial charge in [-0.05, 0) is 56.1 Å². The van der Waals surface area contributed by atoms with E-state index in [1.165, 1.54) is 11.3 Å². The lowest BCUT2D eigenvalue weighted by molar-refractivity contribution is 0.102. The fraction of sp³-hybridized carbons (Fsp3) is 0.300. The number of aromatic nitrogens is 1. The van der Waals surface area contributed by atoms with E-state index in [9.17, 15) is 9.90 Å². The molecule has 28 heavy (non-hydrogen) atoms. The number of nitrogens with zero attached hydrogens (tertiary/aromatic N) is 2. The predicted molar refractivity (Wildman–Crippen MR) is 118 cm³/mol. The zero-order valence-corrected chi connectivity index (χ0v) is 18.2. The van der Waals surface area contributed by atoms with Crippen LogP contribution in [0.2, 0.25) is 0 Å². The third kappa shape index (κ3) is 5.36. The number of hydrogen-bond donors (Lipinski definition) is 3. The summed E-state index contributed by atoms with van der Waals surface area (Å²) in [5, 5.41) is 16.2. The monoisotopic (exact) mass is 462 g/mol. The van der Waals surface area contributed by atoms with Crippen molar-refractivity contribution in [2.75, 3.05) is 32.5 Å². The standard InChI is InChI=1S/C20H23BrN4O2S/c1-25(2)8-7-22-11-13-9-14(21)3-5-16(13)20(27)23-15-4-6-18-17(10-15)24-19(12-26)28-18/h3-6,9-10,22,26H,7-8,11-12H2,1-2H3,(H,23,27). The molecular formula is C20H23BrN4O2S. The smallest absolute Gasteiger partial charge is 0.255 e. The molecule has 3 N–H and O–H groups in total. The van der Waals surface area contributed by atoms with Crippen LogP contribution in [0.15, 0.2) is 40.9 Å². The maximum absolute atomic E-state index is 12.9. The van der Waals surface area contributed by atoms with Gasteiger partial charge in [0.1, 0.15) is 5.01 Å². The normalized spacial score (nSPS) is 11.3. The van der Waals surface area contributed by atoms with Crippen molar-refractivity contribution in [3.05, 3.63) is 57.0 Å². The van der Waals surface area contributed by atoms with Gasteiger partial charge in [0, 0.05) is 35.4 Å². The molecule has 3 rings (SSSR count). The van der Waals surface area contributed by atoms with Gasteiger partial charge in [0.05, 0.1) is 16.8 Å². The molecule has 1 aromatic heterocycles. The number of carbonyl (C=O) groups excluding carboxylic acids is 1. The number of halogens is 1. The van der Waals surface area contributed by atoms with Crippen molar-refractivity contribution < 1.29 is 9.90 Å². The Morgan fingerprint density at radius 1 is 1.25 bits per heavy atom. The molecule has 0 bridgehead atoms. The number of thiazole rings is 1. The first-order chi connectivity index (χ1) is 13.5. The fourth-order valence-electron chi connectivity index (χ4n) is 2.77. The minimum absolute atomic E-state index is 0.0793. The minimum atomic E-state index is -0.158. The van der Waals surface area contributed by atoms with Gasteiger partial charge in [-0.2, -0.15) is 0 Å². The molecule has 1 amide bonds. The summed E-state index contributed by atoms with van der Waals surface area (Å²) in [7, 11) is 4.06. The maximum atomic E-state index is 12.9. The van der Waals surface area contributed by atoms with E-state index in [1.54, 1.807) is 0 Å². The van der Waals surface area contributed by atoms with Gasteiger partial charge in [-0.25, -0.2) is 4.98 Å². The van der Waals surface area contributed by atoms with Crippen LogP contribution in [0.4, 0.5) is 5.69 Å². The second-order valence-electron chi connectivity index (χ2n) is 6.68. The molecule has 3 aromatic rings. The Kier molecular flexibility index (Phi) is 7.14. The van der Waals surface area contributed by atoms with Crippen LogP contribution in [0, 0.1) is 0 Å². The third-order valence-corrected chi connectivity index (χ3v) is 5.70. The van der Waals surface area contributed by atoms with Gasteiger partial charge in [0.25, 0.3) is 5.91 Å². The molecular weight excluding hydrogens is 440 g/mol. The summed E-state index contributed by atoms with van der Waals surface area (Å²) in [6.45, 7) is 2.30. The Morgan fingerprint density at radius 2 is 2.07 bits per heavy atom. The second kappa shape index (κ2) is 9.58. The van der Waals surface area contributed by atoms with Gasteiger partial charge in [-0.15, -0.1) is 11.3 Å². The van der Waals surface area contributed by atoms with Gasteiger partial charge in [0.2, 0.25) is 0 Å². The molecule has 0 fully saturated rings. The number of nitrogens with one attached hydrogen (secondary N) is 2. The van der Waals surface area contributed by atoms with E-state index in [4.69, 9.17) is 0 Å². The first-order valence-corrected chi connectivity index (χ1v) is 10.5. The molecule has 0 aliphatic heterocycles. The van der Waals surface area contributed by atoms with Crippen molar-refractivity contribution in [1.29, 1.82) is 0 Å². The molecule has 0 radical (unpaired) electrons. The summed E-state index contributed by atoms with van der Waals surface area (Å²) < 4.78 is 1.92. The van der Waals surface area contributed by atoms with E-state index >= 15 is 0 Å². The third-order valence-electron chi connectivity index (χ3n) is 4.19. The number of hydrogen-bond acceptors (Lipinski definition) is 6.